The molecular formula is C13H20N2O. The van der Waals surface area contributed by atoms with Crippen molar-refractivity contribution >= 4 is 5.78 Å². The first kappa shape index (κ1) is 12.8. The Hall–Kier alpha value is -1.22. The van der Waals surface area contributed by atoms with Crippen molar-refractivity contribution in [1.82, 2.24) is 4.98 Å². The number of hydrogen-bond donors (Lipinski definition) is 1. The van der Waals surface area contributed by atoms with Crippen LogP contribution in [0, 0.1) is 5.92 Å². The third kappa shape index (κ3) is 4.11. The zero-order valence-corrected chi connectivity index (χ0v) is 10.1. The van der Waals surface area contributed by atoms with E-state index in [2.05, 4.69) is 18.8 Å². The molecule has 88 valence electrons. The lowest BCUT2D eigenvalue weighted by molar-refractivity contribution is 0.0978. The largest absolute Gasteiger partial charge is 0.325 e. The van der Waals surface area contributed by atoms with Crippen molar-refractivity contribution in [3.8, 4) is 0 Å². The first-order valence-corrected chi connectivity index (χ1v) is 5.81. The van der Waals surface area contributed by atoms with E-state index in [1.807, 2.05) is 0 Å². The second-order valence-electron chi connectivity index (χ2n) is 4.45. The number of nitrogens with zero attached hydrogens (tertiary/aromatic N) is 1. The van der Waals surface area contributed by atoms with Crippen molar-refractivity contribution in [2.45, 2.75) is 39.7 Å². The van der Waals surface area contributed by atoms with E-state index in [4.69, 9.17) is 5.73 Å². The summed E-state index contributed by atoms with van der Waals surface area (Å²) >= 11 is 0. The molecule has 0 radical (unpaired) electrons. The molecule has 0 fully saturated rings. The van der Waals surface area contributed by atoms with E-state index in [1.54, 1.807) is 18.3 Å². The maximum Gasteiger partial charge on any atom is 0.162 e. The number of carbonyl (C=O) groups excluding carboxylic acids is 1. The van der Waals surface area contributed by atoms with Gasteiger partial charge >= 0.3 is 0 Å². The molecule has 0 saturated heterocycles. The van der Waals surface area contributed by atoms with Gasteiger partial charge < -0.3 is 5.73 Å². The van der Waals surface area contributed by atoms with Crippen LogP contribution in [-0.4, -0.2) is 10.8 Å². The average molecular weight is 220 g/mol. The number of nitrogens with two attached hydrogens (primary N) is 1. The molecule has 1 aromatic rings. The van der Waals surface area contributed by atoms with Crippen molar-refractivity contribution < 1.29 is 4.79 Å². The fourth-order valence-corrected chi connectivity index (χ4v) is 1.58. The molecule has 0 amide bonds. The molecule has 0 aliphatic carbocycles. The predicted molar refractivity (Wildman–Crippen MR) is 65.1 cm³/mol. The summed E-state index contributed by atoms with van der Waals surface area (Å²) in [5, 5.41) is 0. The number of rotatable bonds is 6. The van der Waals surface area contributed by atoms with Crippen LogP contribution in [0.1, 0.15) is 49.2 Å². The van der Waals surface area contributed by atoms with Gasteiger partial charge in [0.25, 0.3) is 0 Å². The molecule has 0 aromatic carbocycles. The number of Topliss-reactive ketones (excluding diaryl/α,β-unsaturated/α-hetero) is 1. The Bertz CT molecular complexity index is 348. The minimum atomic E-state index is 0.192. The van der Waals surface area contributed by atoms with Gasteiger partial charge in [-0.3, -0.25) is 9.78 Å². The van der Waals surface area contributed by atoms with Crippen molar-refractivity contribution in [1.29, 1.82) is 0 Å². The Labute approximate surface area is 97.1 Å². The second kappa shape index (κ2) is 6.38. The van der Waals surface area contributed by atoms with Gasteiger partial charge in [0, 0.05) is 24.7 Å². The molecule has 2 N–H and O–H groups in total. The maximum absolute atomic E-state index is 11.8. The monoisotopic (exact) mass is 220 g/mol. The zero-order chi connectivity index (χ0) is 12.0. The predicted octanol–water partition coefficient (Wildman–Crippen LogP) is 2.55. The third-order valence-electron chi connectivity index (χ3n) is 2.53. The summed E-state index contributed by atoms with van der Waals surface area (Å²) in [6, 6.07) is 3.55. The third-order valence-corrected chi connectivity index (χ3v) is 2.53. The van der Waals surface area contributed by atoms with Crippen LogP contribution >= 0.6 is 0 Å². The summed E-state index contributed by atoms with van der Waals surface area (Å²) in [6.07, 6.45) is 4.32. The molecule has 0 bridgehead atoms. The smallest absolute Gasteiger partial charge is 0.162 e. The Morgan fingerprint density at radius 2 is 2.25 bits per heavy atom. The fraction of sp³-hybridized carbons (Fsp3) is 0.538. The Morgan fingerprint density at radius 1 is 1.50 bits per heavy atom. The highest BCUT2D eigenvalue weighted by Crippen LogP contribution is 2.11. The van der Waals surface area contributed by atoms with Crippen LogP contribution in [0.4, 0.5) is 0 Å². The summed E-state index contributed by atoms with van der Waals surface area (Å²) in [5.41, 5.74) is 6.99. The van der Waals surface area contributed by atoms with Crippen LogP contribution < -0.4 is 5.73 Å². The van der Waals surface area contributed by atoms with Gasteiger partial charge in [0.05, 0.1) is 5.69 Å². The molecule has 0 aliphatic rings. The summed E-state index contributed by atoms with van der Waals surface area (Å²) < 4.78 is 0. The topological polar surface area (TPSA) is 56.0 Å². The number of aromatic nitrogens is 1. The highest BCUT2D eigenvalue weighted by Gasteiger charge is 2.07. The molecule has 1 rings (SSSR count). The number of hydrogen-bond acceptors (Lipinski definition) is 3. The van der Waals surface area contributed by atoms with Crippen LogP contribution in [0.25, 0.3) is 0 Å². The van der Waals surface area contributed by atoms with E-state index in [-0.39, 0.29) is 5.78 Å². The summed E-state index contributed by atoms with van der Waals surface area (Å²) in [5.74, 6) is 0.850. The number of carbonyl (C=O) groups is 1. The maximum atomic E-state index is 11.8. The van der Waals surface area contributed by atoms with Gasteiger partial charge in [0.1, 0.15) is 0 Å². The summed E-state index contributed by atoms with van der Waals surface area (Å²) in [6.45, 7) is 4.72. The summed E-state index contributed by atoms with van der Waals surface area (Å²) in [7, 11) is 0. The number of pyridine rings is 1. The molecule has 1 aromatic heterocycles. The van der Waals surface area contributed by atoms with E-state index in [0.29, 0.717) is 18.9 Å². The second-order valence-corrected chi connectivity index (χ2v) is 4.45. The van der Waals surface area contributed by atoms with Crippen molar-refractivity contribution in [2.75, 3.05) is 0 Å². The molecular weight excluding hydrogens is 200 g/mol. The molecule has 3 heteroatoms. The van der Waals surface area contributed by atoms with E-state index in [1.165, 1.54) is 0 Å². The Kier molecular flexibility index (Phi) is 5.12. The molecule has 3 nitrogen and oxygen atoms in total. The lowest BCUT2D eigenvalue weighted by atomic mass is 10.0. The quantitative estimate of drug-likeness (QED) is 0.749. The van der Waals surface area contributed by atoms with Crippen LogP contribution in [0.15, 0.2) is 18.3 Å². The fourth-order valence-electron chi connectivity index (χ4n) is 1.58. The van der Waals surface area contributed by atoms with Gasteiger partial charge in [0.2, 0.25) is 0 Å². The zero-order valence-electron chi connectivity index (χ0n) is 10.1. The molecule has 0 atom stereocenters. The van der Waals surface area contributed by atoms with Crippen LogP contribution in [0.3, 0.4) is 0 Å². The van der Waals surface area contributed by atoms with Gasteiger partial charge in [0.15, 0.2) is 5.78 Å². The summed E-state index contributed by atoms with van der Waals surface area (Å²) in [4.78, 5) is 15.9. The lowest BCUT2D eigenvalue weighted by Gasteiger charge is -2.04. The van der Waals surface area contributed by atoms with Crippen LogP contribution in [0.2, 0.25) is 0 Å². The van der Waals surface area contributed by atoms with Crippen molar-refractivity contribution in [3.63, 3.8) is 0 Å². The van der Waals surface area contributed by atoms with Crippen molar-refractivity contribution in [2.24, 2.45) is 11.7 Å². The van der Waals surface area contributed by atoms with Gasteiger partial charge in [-0.05, 0) is 24.5 Å². The molecule has 0 unspecified atom stereocenters. The first-order valence-electron chi connectivity index (χ1n) is 5.81. The van der Waals surface area contributed by atoms with Crippen molar-refractivity contribution in [3.05, 3.63) is 29.6 Å². The van der Waals surface area contributed by atoms with Gasteiger partial charge in [-0.15, -0.1) is 0 Å². The van der Waals surface area contributed by atoms with Gasteiger partial charge in [-0.1, -0.05) is 20.3 Å². The normalized spacial score (nSPS) is 10.8. The first-order chi connectivity index (χ1) is 7.63. The van der Waals surface area contributed by atoms with E-state index >= 15 is 0 Å². The SMILES string of the molecule is CC(C)CCCC(=O)c1ccnc(CN)c1. The standard InChI is InChI=1S/C13H20N2O/c1-10(2)4-3-5-13(16)11-6-7-15-12(8-11)9-14/h6-8,10H,3-5,9,14H2,1-2H3. The Balaban J connectivity index is 2.52. The minimum Gasteiger partial charge on any atom is -0.325 e. The number of ketones is 1. The van der Waals surface area contributed by atoms with Gasteiger partial charge in [-0.25, -0.2) is 0 Å². The van der Waals surface area contributed by atoms with Crippen LogP contribution in [-0.2, 0) is 6.54 Å². The molecule has 0 saturated carbocycles. The Morgan fingerprint density at radius 3 is 2.88 bits per heavy atom. The molecule has 16 heavy (non-hydrogen) atoms. The minimum absolute atomic E-state index is 0.192. The average Bonchev–Trinajstić information content (AvgIpc) is 2.28. The highest BCUT2D eigenvalue weighted by molar-refractivity contribution is 5.96. The van der Waals surface area contributed by atoms with Crippen LogP contribution in [0.5, 0.6) is 0 Å². The van der Waals surface area contributed by atoms with Gasteiger partial charge in [-0.2, -0.15) is 0 Å². The molecule has 0 aliphatic heterocycles. The molecule has 0 spiro atoms. The molecule has 1 heterocycles. The lowest BCUT2D eigenvalue weighted by Crippen LogP contribution is -2.04. The van der Waals surface area contributed by atoms with E-state index in [9.17, 15) is 4.79 Å². The van der Waals surface area contributed by atoms with E-state index < -0.39 is 0 Å². The van der Waals surface area contributed by atoms with E-state index in [0.717, 1.165) is 24.1 Å². The highest BCUT2D eigenvalue weighted by atomic mass is 16.1.